The summed E-state index contributed by atoms with van der Waals surface area (Å²) in [4.78, 5) is 0. The zero-order valence-electron chi connectivity index (χ0n) is 16.6. The molecule has 0 heteroatoms. The van der Waals surface area contributed by atoms with Gasteiger partial charge in [-0.05, 0) is 65.0 Å². The van der Waals surface area contributed by atoms with E-state index in [-0.39, 0.29) is 0 Å². The van der Waals surface area contributed by atoms with Gasteiger partial charge in [-0.15, -0.1) is 0 Å². The summed E-state index contributed by atoms with van der Waals surface area (Å²) in [6, 6.07) is 29.0. The summed E-state index contributed by atoms with van der Waals surface area (Å²) in [5.41, 5.74) is 9.76. The number of hydrogen-bond donors (Lipinski definition) is 0. The fourth-order valence-corrected chi connectivity index (χ4v) is 4.53. The molecule has 0 saturated carbocycles. The molecule has 3 aromatic carbocycles. The molecule has 0 aromatic heterocycles. The second kappa shape index (κ2) is 7.56. The summed E-state index contributed by atoms with van der Waals surface area (Å²) in [5, 5.41) is 0. The summed E-state index contributed by atoms with van der Waals surface area (Å²) >= 11 is 0. The minimum absolute atomic E-state index is 0.578. The predicted molar refractivity (Wildman–Crippen MR) is 117 cm³/mol. The third-order valence-corrected chi connectivity index (χ3v) is 5.83. The maximum Gasteiger partial charge on any atom is -0.00704 e. The van der Waals surface area contributed by atoms with Crippen LogP contribution in [0.15, 0.2) is 78.9 Å². The predicted octanol–water partition coefficient (Wildman–Crippen LogP) is 7.49. The second-order valence-electron chi connectivity index (χ2n) is 8.12. The highest BCUT2D eigenvalue weighted by Crippen LogP contribution is 2.43. The molecule has 0 aliphatic heterocycles. The van der Waals surface area contributed by atoms with Crippen molar-refractivity contribution in [3.63, 3.8) is 0 Å². The minimum Gasteiger partial charge on any atom is -0.0622 e. The Morgan fingerprint density at radius 2 is 1.37 bits per heavy atom. The third kappa shape index (κ3) is 3.62. The van der Waals surface area contributed by atoms with E-state index >= 15 is 0 Å². The Morgan fingerprint density at radius 3 is 2.11 bits per heavy atom. The lowest BCUT2D eigenvalue weighted by molar-refractivity contribution is 0.492. The van der Waals surface area contributed by atoms with Gasteiger partial charge in [-0.3, -0.25) is 0 Å². The SMILES string of the molecule is Cc1ccc(/C2=C(\c3ccccc3)CC(C)CC(C)c3ccccc32)cc1. The fourth-order valence-electron chi connectivity index (χ4n) is 4.53. The van der Waals surface area contributed by atoms with Crippen LogP contribution in [0.2, 0.25) is 0 Å². The van der Waals surface area contributed by atoms with Gasteiger partial charge >= 0.3 is 0 Å². The van der Waals surface area contributed by atoms with Gasteiger partial charge < -0.3 is 0 Å². The van der Waals surface area contributed by atoms with E-state index in [9.17, 15) is 0 Å². The smallest absolute Gasteiger partial charge is 0.00704 e. The van der Waals surface area contributed by atoms with Gasteiger partial charge in [-0.25, -0.2) is 0 Å². The van der Waals surface area contributed by atoms with E-state index in [2.05, 4.69) is 99.6 Å². The number of aryl methyl sites for hydroxylation is 1. The first kappa shape index (κ1) is 17.8. The molecule has 1 aliphatic carbocycles. The average molecular weight is 353 g/mol. The lowest BCUT2D eigenvalue weighted by Crippen LogP contribution is -2.11. The molecule has 0 saturated heterocycles. The van der Waals surface area contributed by atoms with Crippen molar-refractivity contribution in [2.45, 2.75) is 39.5 Å². The summed E-state index contributed by atoms with van der Waals surface area (Å²) in [6.07, 6.45) is 2.35. The lowest BCUT2D eigenvalue weighted by Gasteiger charge is -2.29. The standard InChI is InChI=1S/C27H28/c1-19-13-15-23(16-14-19)27-25-12-8-7-11-24(25)21(3)17-20(2)18-26(27)22-9-5-4-6-10-22/h4-16,20-21H,17-18H2,1-3H3/b27-26+. The molecule has 2 unspecified atom stereocenters. The largest absolute Gasteiger partial charge is 0.0622 e. The number of allylic oxidation sites excluding steroid dienone is 1. The molecule has 0 N–H and O–H groups in total. The number of benzene rings is 3. The van der Waals surface area contributed by atoms with E-state index in [1.165, 1.54) is 45.4 Å². The van der Waals surface area contributed by atoms with Crippen molar-refractivity contribution in [1.82, 2.24) is 0 Å². The van der Waals surface area contributed by atoms with Crippen molar-refractivity contribution in [3.05, 3.63) is 107 Å². The van der Waals surface area contributed by atoms with Gasteiger partial charge in [0.25, 0.3) is 0 Å². The van der Waals surface area contributed by atoms with Crippen LogP contribution in [-0.2, 0) is 0 Å². The van der Waals surface area contributed by atoms with Gasteiger partial charge in [0.2, 0.25) is 0 Å². The van der Waals surface area contributed by atoms with Gasteiger partial charge in [-0.1, -0.05) is 98.3 Å². The molecule has 0 bridgehead atoms. The van der Waals surface area contributed by atoms with Gasteiger partial charge in [0.05, 0.1) is 0 Å². The minimum atomic E-state index is 0.578. The molecule has 1 aliphatic rings. The van der Waals surface area contributed by atoms with Crippen molar-refractivity contribution in [2.75, 3.05) is 0 Å². The van der Waals surface area contributed by atoms with Crippen LogP contribution in [-0.4, -0.2) is 0 Å². The van der Waals surface area contributed by atoms with Crippen molar-refractivity contribution < 1.29 is 0 Å². The molecule has 0 fully saturated rings. The van der Waals surface area contributed by atoms with Crippen LogP contribution in [0, 0.1) is 12.8 Å². The van der Waals surface area contributed by atoms with E-state index in [4.69, 9.17) is 0 Å². The third-order valence-electron chi connectivity index (χ3n) is 5.83. The molecule has 136 valence electrons. The maximum absolute atomic E-state index is 2.40. The van der Waals surface area contributed by atoms with Crippen LogP contribution in [0.25, 0.3) is 11.1 Å². The van der Waals surface area contributed by atoms with Crippen LogP contribution in [0.4, 0.5) is 0 Å². The molecule has 2 atom stereocenters. The molecule has 4 rings (SSSR count). The average Bonchev–Trinajstić information content (AvgIpc) is 2.69. The van der Waals surface area contributed by atoms with Crippen molar-refractivity contribution in [1.29, 1.82) is 0 Å². The van der Waals surface area contributed by atoms with Crippen LogP contribution in [0.1, 0.15) is 60.4 Å². The molecule has 0 spiro atoms. The highest BCUT2D eigenvalue weighted by molar-refractivity contribution is 5.99. The van der Waals surface area contributed by atoms with E-state index in [0.29, 0.717) is 11.8 Å². The first-order valence-corrected chi connectivity index (χ1v) is 10.1. The Labute approximate surface area is 163 Å². The van der Waals surface area contributed by atoms with E-state index in [1.54, 1.807) is 0 Å². The maximum atomic E-state index is 2.40. The Bertz CT molecular complexity index is 945. The van der Waals surface area contributed by atoms with E-state index < -0.39 is 0 Å². The van der Waals surface area contributed by atoms with Crippen LogP contribution in [0.3, 0.4) is 0 Å². The molecular weight excluding hydrogens is 324 g/mol. The Morgan fingerprint density at radius 1 is 0.704 bits per heavy atom. The Hall–Kier alpha value is -2.60. The van der Waals surface area contributed by atoms with Gasteiger partial charge in [0.15, 0.2) is 0 Å². The molecule has 0 heterocycles. The van der Waals surface area contributed by atoms with Crippen molar-refractivity contribution >= 4 is 11.1 Å². The summed E-state index contributed by atoms with van der Waals surface area (Å²) in [6.45, 7) is 6.95. The first-order chi connectivity index (χ1) is 13.1. The van der Waals surface area contributed by atoms with E-state index in [0.717, 1.165) is 6.42 Å². The Kier molecular flexibility index (Phi) is 4.99. The molecule has 27 heavy (non-hydrogen) atoms. The lowest BCUT2D eigenvalue weighted by atomic mass is 9.76. The van der Waals surface area contributed by atoms with Gasteiger partial charge in [-0.2, -0.15) is 0 Å². The van der Waals surface area contributed by atoms with Crippen LogP contribution < -0.4 is 0 Å². The molecular formula is C27H28. The number of rotatable bonds is 2. The zero-order chi connectivity index (χ0) is 18.8. The highest BCUT2D eigenvalue weighted by Gasteiger charge is 2.24. The second-order valence-corrected chi connectivity index (χ2v) is 8.12. The number of fused-ring (bicyclic) bond motifs is 1. The van der Waals surface area contributed by atoms with Crippen LogP contribution in [0.5, 0.6) is 0 Å². The fraction of sp³-hybridized carbons (Fsp3) is 0.259. The normalized spacial score (nSPS) is 22.6. The van der Waals surface area contributed by atoms with E-state index in [1.807, 2.05) is 0 Å². The number of hydrogen-bond acceptors (Lipinski definition) is 0. The summed E-state index contributed by atoms with van der Waals surface area (Å²) < 4.78 is 0. The van der Waals surface area contributed by atoms with Gasteiger partial charge in [0.1, 0.15) is 0 Å². The molecule has 0 amide bonds. The van der Waals surface area contributed by atoms with Crippen molar-refractivity contribution in [3.8, 4) is 0 Å². The summed E-state index contributed by atoms with van der Waals surface area (Å²) in [7, 11) is 0. The molecule has 0 radical (unpaired) electrons. The van der Waals surface area contributed by atoms with Crippen LogP contribution >= 0.6 is 0 Å². The van der Waals surface area contributed by atoms with Gasteiger partial charge in [0, 0.05) is 0 Å². The highest BCUT2D eigenvalue weighted by atomic mass is 14.3. The topological polar surface area (TPSA) is 0 Å². The monoisotopic (exact) mass is 352 g/mol. The first-order valence-electron chi connectivity index (χ1n) is 10.1. The zero-order valence-corrected chi connectivity index (χ0v) is 16.6. The van der Waals surface area contributed by atoms with Crippen molar-refractivity contribution in [2.24, 2.45) is 5.92 Å². The Balaban J connectivity index is 2.05. The summed E-state index contributed by atoms with van der Waals surface area (Å²) in [5.74, 6) is 1.23. The quantitative estimate of drug-likeness (QED) is 0.448. The molecule has 3 aromatic rings. The molecule has 0 nitrogen and oxygen atoms in total.